The monoisotopic (exact) mass is 168 g/mol. The van der Waals surface area contributed by atoms with Crippen LogP contribution in [0.4, 0.5) is 0 Å². The summed E-state index contributed by atoms with van der Waals surface area (Å²) < 4.78 is 14.1. The number of hydrogen-bond acceptors (Lipinski definition) is 3. The van der Waals surface area contributed by atoms with Crippen LogP contribution < -0.4 is 0 Å². The SMILES string of the molecule is C=CC(CO)OP(=O)(O)O. The van der Waals surface area contributed by atoms with Gasteiger partial charge in [0.15, 0.2) is 0 Å². The molecular weight excluding hydrogens is 159 g/mol. The maximum absolute atomic E-state index is 10.1. The van der Waals surface area contributed by atoms with E-state index in [-0.39, 0.29) is 0 Å². The van der Waals surface area contributed by atoms with E-state index in [1.165, 1.54) is 0 Å². The van der Waals surface area contributed by atoms with Crippen LogP contribution in [0.3, 0.4) is 0 Å². The lowest BCUT2D eigenvalue weighted by Crippen LogP contribution is -2.12. The number of phosphoric acid groups is 1. The van der Waals surface area contributed by atoms with Gasteiger partial charge in [-0.25, -0.2) is 4.57 Å². The van der Waals surface area contributed by atoms with Crippen molar-refractivity contribution in [3.05, 3.63) is 12.7 Å². The molecule has 0 saturated heterocycles. The fraction of sp³-hybridized carbons (Fsp3) is 0.500. The molecule has 0 amide bonds. The van der Waals surface area contributed by atoms with Gasteiger partial charge in [0.05, 0.1) is 6.61 Å². The Kier molecular flexibility index (Phi) is 3.78. The highest BCUT2D eigenvalue weighted by Crippen LogP contribution is 2.37. The van der Waals surface area contributed by atoms with E-state index in [1.54, 1.807) is 0 Å². The molecule has 0 bridgehead atoms. The molecule has 0 aromatic heterocycles. The fourth-order valence-corrected chi connectivity index (χ4v) is 0.833. The van der Waals surface area contributed by atoms with Gasteiger partial charge >= 0.3 is 7.82 Å². The van der Waals surface area contributed by atoms with E-state index in [9.17, 15) is 4.57 Å². The lowest BCUT2D eigenvalue weighted by molar-refractivity contribution is 0.109. The van der Waals surface area contributed by atoms with Crippen molar-refractivity contribution in [2.45, 2.75) is 6.10 Å². The van der Waals surface area contributed by atoms with Crippen LogP contribution in [0.25, 0.3) is 0 Å². The van der Waals surface area contributed by atoms with E-state index in [2.05, 4.69) is 11.1 Å². The number of aliphatic hydroxyl groups excluding tert-OH is 1. The van der Waals surface area contributed by atoms with Gasteiger partial charge in [-0.1, -0.05) is 6.08 Å². The van der Waals surface area contributed by atoms with Crippen molar-refractivity contribution < 1.29 is 24.0 Å². The summed E-state index contributed by atoms with van der Waals surface area (Å²) in [6.45, 7) is 2.70. The number of aliphatic hydroxyl groups is 1. The molecule has 0 aromatic rings. The van der Waals surface area contributed by atoms with Gasteiger partial charge in [-0.05, 0) is 0 Å². The Morgan fingerprint density at radius 2 is 2.20 bits per heavy atom. The van der Waals surface area contributed by atoms with Crippen molar-refractivity contribution in [3.8, 4) is 0 Å². The summed E-state index contributed by atoms with van der Waals surface area (Å²) in [5, 5.41) is 8.35. The zero-order chi connectivity index (χ0) is 8.20. The Labute approximate surface area is 58.2 Å². The summed E-state index contributed by atoms with van der Waals surface area (Å²) >= 11 is 0. The fourth-order valence-electron chi connectivity index (χ4n) is 0.327. The predicted octanol–water partition coefficient (Wildman–Crippen LogP) is -0.357. The van der Waals surface area contributed by atoms with Crippen molar-refractivity contribution in [2.24, 2.45) is 0 Å². The maximum atomic E-state index is 10.1. The van der Waals surface area contributed by atoms with Gasteiger partial charge in [-0.2, -0.15) is 0 Å². The number of hydrogen-bond donors (Lipinski definition) is 3. The van der Waals surface area contributed by atoms with Gasteiger partial charge in [0, 0.05) is 0 Å². The second-order valence-corrected chi connectivity index (χ2v) is 2.74. The predicted molar refractivity (Wildman–Crippen MR) is 34.2 cm³/mol. The third-order valence-electron chi connectivity index (χ3n) is 0.716. The van der Waals surface area contributed by atoms with Gasteiger partial charge < -0.3 is 14.9 Å². The molecule has 60 valence electrons. The first-order chi connectivity index (χ1) is 4.49. The van der Waals surface area contributed by atoms with Crippen LogP contribution in [-0.4, -0.2) is 27.6 Å². The molecule has 0 aliphatic carbocycles. The Hall–Kier alpha value is -0.190. The van der Waals surface area contributed by atoms with E-state index >= 15 is 0 Å². The van der Waals surface area contributed by atoms with E-state index in [1.807, 2.05) is 0 Å². The first-order valence-electron chi connectivity index (χ1n) is 2.47. The molecule has 3 N–H and O–H groups in total. The number of phosphoric ester groups is 1. The van der Waals surface area contributed by atoms with E-state index in [0.29, 0.717) is 0 Å². The Bertz CT molecular complexity index is 150. The molecule has 5 nitrogen and oxygen atoms in total. The minimum Gasteiger partial charge on any atom is -0.393 e. The molecule has 0 aliphatic rings. The minimum absolute atomic E-state index is 0.491. The first-order valence-corrected chi connectivity index (χ1v) is 4.00. The first kappa shape index (κ1) is 9.81. The summed E-state index contributed by atoms with van der Waals surface area (Å²) in [6, 6.07) is 0. The van der Waals surface area contributed by atoms with Gasteiger partial charge in [-0.15, -0.1) is 6.58 Å². The average molecular weight is 168 g/mol. The quantitative estimate of drug-likeness (QED) is 0.394. The topological polar surface area (TPSA) is 87.0 Å². The molecular formula is C4H9O5P. The molecule has 10 heavy (non-hydrogen) atoms. The molecule has 0 aromatic carbocycles. The van der Waals surface area contributed by atoms with Crippen LogP contribution >= 0.6 is 7.82 Å². The summed E-state index contributed by atoms with van der Waals surface area (Å²) in [5.41, 5.74) is 0. The summed E-state index contributed by atoms with van der Waals surface area (Å²) in [4.78, 5) is 16.4. The summed E-state index contributed by atoms with van der Waals surface area (Å²) in [6.07, 6.45) is 0.111. The summed E-state index contributed by atoms with van der Waals surface area (Å²) in [7, 11) is -4.49. The highest BCUT2D eigenvalue weighted by atomic mass is 31.2. The molecule has 0 fully saturated rings. The van der Waals surface area contributed by atoms with Crippen LogP contribution in [0, 0.1) is 0 Å². The lowest BCUT2D eigenvalue weighted by Gasteiger charge is -2.10. The maximum Gasteiger partial charge on any atom is 0.470 e. The molecule has 1 atom stereocenters. The molecule has 1 unspecified atom stereocenters. The third-order valence-corrected chi connectivity index (χ3v) is 1.26. The van der Waals surface area contributed by atoms with Crippen molar-refractivity contribution in [2.75, 3.05) is 6.61 Å². The molecule has 0 rings (SSSR count). The highest BCUT2D eigenvalue weighted by Gasteiger charge is 2.18. The second kappa shape index (κ2) is 3.85. The van der Waals surface area contributed by atoms with Gasteiger partial charge in [0.25, 0.3) is 0 Å². The molecule has 0 spiro atoms. The van der Waals surface area contributed by atoms with Gasteiger partial charge in [0.2, 0.25) is 0 Å². The minimum atomic E-state index is -4.49. The van der Waals surface area contributed by atoms with Gasteiger partial charge in [-0.3, -0.25) is 4.52 Å². The smallest absolute Gasteiger partial charge is 0.393 e. The van der Waals surface area contributed by atoms with Crippen LogP contribution in [0.2, 0.25) is 0 Å². The highest BCUT2D eigenvalue weighted by molar-refractivity contribution is 7.46. The van der Waals surface area contributed by atoms with Crippen molar-refractivity contribution >= 4 is 7.82 Å². The number of rotatable bonds is 4. The Morgan fingerprint density at radius 1 is 1.70 bits per heavy atom. The molecule has 6 heteroatoms. The average Bonchev–Trinajstić information content (AvgIpc) is 1.81. The van der Waals surface area contributed by atoms with Crippen LogP contribution in [0.15, 0.2) is 12.7 Å². The van der Waals surface area contributed by atoms with E-state index < -0.39 is 20.5 Å². The van der Waals surface area contributed by atoms with E-state index in [4.69, 9.17) is 14.9 Å². The van der Waals surface area contributed by atoms with Crippen molar-refractivity contribution in [1.82, 2.24) is 0 Å². The van der Waals surface area contributed by atoms with Crippen molar-refractivity contribution in [3.63, 3.8) is 0 Å². The lowest BCUT2D eigenvalue weighted by atomic mass is 10.4. The summed E-state index contributed by atoms with van der Waals surface area (Å²) in [5.74, 6) is 0. The molecule has 0 radical (unpaired) electrons. The van der Waals surface area contributed by atoms with Crippen LogP contribution in [0.1, 0.15) is 0 Å². The van der Waals surface area contributed by atoms with Gasteiger partial charge in [0.1, 0.15) is 6.10 Å². The molecule has 0 heterocycles. The largest absolute Gasteiger partial charge is 0.470 e. The molecule has 0 aliphatic heterocycles. The van der Waals surface area contributed by atoms with Crippen LogP contribution in [-0.2, 0) is 9.09 Å². The Balaban J connectivity index is 3.86. The zero-order valence-electron chi connectivity index (χ0n) is 5.17. The zero-order valence-corrected chi connectivity index (χ0v) is 6.07. The second-order valence-electron chi connectivity index (χ2n) is 1.55. The Morgan fingerprint density at radius 3 is 2.30 bits per heavy atom. The van der Waals surface area contributed by atoms with Crippen molar-refractivity contribution in [1.29, 1.82) is 0 Å². The van der Waals surface area contributed by atoms with Crippen LogP contribution in [0.5, 0.6) is 0 Å². The standard InChI is InChI=1S/C4H9O5P/c1-2-4(3-5)9-10(6,7)8/h2,4-5H,1,3H2,(H2,6,7,8). The van der Waals surface area contributed by atoms with E-state index in [0.717, 1.165) is 6.08 Å². The third kappa shape index (κ3) is 4.67. The molecule has 0 saturated carbocycles. The normalized spacial score (nSPS) is 14.7.